The van der Waals surface area contributed by atoms with E-state index in [2.05, 4.69) is 10.5 Å². The summed E-state index contributed by atoms with van der Waals surface area (Å²) in [6.07, 6.45) is 1.64. The van der Waals surface area contributed by atoms with Crippen molar-refractivity contribution in [1.82, 2.24) is 20.2 Å². The molecule has 0 unspecified atom stereocenters. The summed E-state index contributed by atoms with van der Waals surface area (Å²) in [5.74, 6) is -0.292. The lowest BCUT2D eigenvalue weighted by atomic mass is 10.4. The number of hydrogen-bond acceptors (Lipinski definition) is 4. The summed E-state index contributed by atoms with van der Waals surface area (Å²) in [6, 6.07) is 0. The second kappa shape index (κ2) is 4.10. The highest BCUT2D eigenvalue weighted by Crippen LogP contribution is 2.08. The van der Waals surface area contributed by atoms with Crippen LogP contribution in [-0.2, 0) is 6.54 Å². The molecular weight excluding hydrogens is 182 g/mol. The Hall–Kier alpha value is -1.56. The lowest BCUT2D eigenvalue weighted by Gasteiger charge is -2.10. The van der Waals surface area contributed by atoms with Gasteiger partial charge in [0.1, 0.15) is 0 Å². The molecule has 78 valence electrons. The Morgan fingerprint density at radius 2 is 2.36 bits per heavy atom. The Morgan fingerprint density at radius 1 is 1.71 bits per heavy atom. The zero-order chi connectivity index (χ0) is 10.7. The van der Waals surface area contributed by atoms with Crippen LogP contribution in [0.5, 0.6) is 0 Å². The van der Waals surface area contributed by atoms with E-state index in [1.165, 1.54) is 0 Å². The summed E-state index contributed by atoms with van der Waals surface area (Å²) in [5, 5.41) is 5.58. The standard InChI is InChI=1S/C8H15N5O/c1-4-13-5-6(9)7(10-13)8(14)11-12(2)3/h5H,4,9H2,1-3H3,(H,11,14). The zero-order valence-corrected chi connectivity index (χ0v) is 8.61. The molecule has 3 N–H and O–H groups in total. The smallest absolute Gasteiger partial charge is 0.288 e. The molecule has 0 fully saturated rings. The molecule has 1 rings (SSSR count). The van der Waals surface area contributed by atoms with Gasteiger partial charge in [-0.25, -0.2) is 5.01 Å². The molecule has 0 spiro atoms. The highest BCUT2D eigenvalue weighted by Gasteiger charge is 2.14. The number of aryl methyl sites for hydroxylation is 1. The van der Waals surface area contributed by atoms with E-state index >= 15 is 0 Å². The number of aromatic nitrogens is 2. The summed E-state index contributed by atoms with van der Waals surface area (Å²) in [6.45, 7) is 2.62. The van der Waals surface area contributed by atoms with Crippen LogP contribution in [0, 0.1) is 0 Å². The first-order valence-corrected chi connectivity index (χ1v) is 4.35. The van der Waals surface area contributed by atoms with Crippen LogP contribution in [-0.4, -0.2) is 34.8 Å². The van der Waals surface area contributed by atoms with Gasteiger partial charge in [-0.05, 0) is 6.92 Å². The minimum absolute atomic E-state index is 0.264. The molecule has 0 aliphatic rings. The molecule has 0 aliphatic carbocycles. The van der Waals surface area contributed by atoms with Gasteiger partial charge in [-0.2, -0.15) is 5.10 Å². The third-order valence-corrected chi connectivity index (χ3v) is 1.65. The van der Waals surface area contributed by atoms with E-state index in [1.54, 1.807) is 30.0 Å². The van der Waals surface area contributed by atoms with E-state index in [-0.39, 0.29) is 11.6 Å². The van der Waals surface area contributed by atoms with Crippen LogP contribution in [0.3, 0.4) is 0 Å². The Bertz CT molecular complexity index is 330. The van der Waals surface area contributed by atoms with Crippen molar-refractivity contribution in [3.05, 3.63) is 11.9 Å². The molecule has 6 heteroatoms. The molecule has 0 bridgehead atoms. The average Bonchev–Trinajstić information content (AvgIpc) is 2.45. The highest BCUT2D eigenvalue weighted by atomic mass is 16.2. The minimum atomic E-state index is -0.292. The van der Waals surface area contributed by atoms with Crippen LogP contribution in [0.25, 0.3) is 0 Å². The zero-order valence-electron chi connectivity index (χ0n) is 8.61. The summed E-state index contributed by atoms with van der Waals surface area (Å²) in [4.78, 5) is 11.5. The van der Waals surface area contributed by atoms with E-state index in [9.17, 15) is 4.79 Å². The van der Waals surface area contributed by atoms with Crippen molar-refractivity contribution in [3.8, 4) is 0 Å². The molecule has 0 aromatic carbocycles. The van der Waals surface area contributed by atoms with E-state index in [1.807, 2.05) is 6.92 Å². The topological polar surface area (TPSA) is 76.2 Å². The number of rotatable bonds is 3. The maximum absolute atomic E-state index is 11.5. The van der Waals surface area contributed by atoms with Crippen LogP contribution in [0.1, 0.15) is 17.4 Å². The molecule has 0 radical (unpaired) electrons. The van der Waals surface area contributed by atoms with Gasteiger partial charge >= 0.3 is 0 Å². The number of nitrogens with two attached hydrogens (primary N) is 1. The molecule has 0 saturated heterocycles. The molecule has 1 heterocycles. The fraction of sp³-hybridized carbons (Fsp3) is 0.500. The number of nitrogen functional groups attached to an aromatic ring is 1. The molecule has 0 saturated carbocycles. The first-order chi connectivity index (χ1) is 6.54. The number of hydrogen-bond donors (Lipinski definition) is 2. The fourth-order valence-corrected chi connectivity index (χ4v) is 1.03. The van der Waals surface area contributed by atoms with Gasteiger partial charge in [-0.3, -0.25) is 14.9 Å². The van der Waals surface area contributed by atoms with Gasteiger partial charge in [0.25, 0.3) is 5.91 Å². The molecular formula is C8H15N5O. The van der Waals surface area contributed by atoms with Crippen LogP contribution in [0.4, 0.5) is 5.69 Å². The predicted molar refractivity (Wildman–Crippen MR) is 53.5 cm³/mol. The lowest BCUT2D eigenvalue weighted by molar-refractivity contribution is 0.0851. The first-order valence-electron chi connectivity index (χ1n) is 4.35. The maximum Gasteiger partial charge on any atom is 0.288 e. The van der Waals surface area contributed by atoms with Crippen molar-refractivity contribution in [3.63, 3.8) is 0 Å². The Morgan fingerprint density at radius 3 is 2.79 bits per heavy atom. The minimum Gasteiger partial charge on any atom is -0.396 e. The van der Waals surface area contributed by atoms with Gasteiger partial charge in [0.15, 0.2) is 5.69 Å². The number of anilines is 1. The van der Waals surface area contributed by atoms with Crippen LogP contribution >= 0.6 is 0 Å². The van der Waals surface area contributed by atoms with Crippen LogP contribution < -0.4 is 11.2 Å². The maximum atomic E-state index is 11.5. The van der Waals surface area contributed by atoms with Crippen molar-refractivity contribution in [1.29, 1.82) is 0 Å². The predicted octanol–water partition coefficient (Wildman–Crippen LogP) is -0.308. The van der Waals surface area contributed by atoms with E-state index < -0.39 is 0 Å². The van der Waals surface area contributed by atoms with Crippen molar-refractivity contribution < 1.29 is 4.79 Å². The van der Waals surface area contributed by atoms with Gasteiger partial charge in [0.2, 0.25) is 0 Å². The quantitative estimate of drug-likeness (QED) is 0.652. The van der Waals surface area contributed by atoms with Gasteiger partial charge in [0, 0.05) is 26.8 Å². The van der Waals surface area contributed by atoms with Crippen molar-refractivity contribution in [2.24, 2.45) is 0 Å². The molecule has 1 amide bonds. The van der Waals surface area contributed by atoms with E-state index in [0.29, 0.717) is 12.2 Å². The van der Waals surface area contributed by atoms with E-state index in [0.717, 1.165) is 0 Å². The van der Waals surface area contributed by atoms with Gasteiger partial charge < -0.3 is 5.73 Å². The second-order valence-corrected chi connectivity index (χ2v) is 3.12. The first kappa shape index (κ1) is 10.5. The molecule has 1 aromatic rings. The lowest BCUT2D eigenvalue weighted by Crippen LogP contribution is -2.36. The van der Waals surface area contributed by atoms with Gasteiger partial charge in [0.05, 0.1) is 5.69 Å². The van der Waals surface area contributed by atoms with Gasteiger partial charge in [-0.1, -0.05) is 0 Å². The number of carbonyl (C=O) groups is 1. The number of carbonyl (C=O) groups excluding carboxylic acids is 1. The monoisotopic (exact) mass is 197 g/mol. The summed E-state index contributed by atoms with van der Waals surface area (Å²) >= 11 is 0. The largest absolute Gasteiger partial charge is 0.396 e. The SMILES string of the molecule is CCn1cc(N)c(C(=O)NN(C)C)n1. The van der Waals surface area contributed by atoms with Crippen molar-refractivity contribution in [2.75, 3.05) is 19.8 Å². The highest BCUT2D eigenvalue weighted by molar-refractivity contribution is 5.96. The third kappa shape index (κ3) is 2.23. The molecule has 0 aliphatic heterocycles. The number of amides is 1. The molecule has 0 atom stereocenters. The Balaban J connectivity index is 2.84. The van der Waals surface area contributed by atoms with Gasteiger partial charge in [-0.15, -0.1) is 0 Å². The third-order valence-electron chi connectivity index (χ3n) is 1.65. The number of nitrogens with one attached hydrogen (secondary N) is 1. The summed E-state index contributed by atoms with van der Waals surface area (Å²) in [5.41, 5.74) is 8.87. The fourth-order valence-electron chi connectivity index (χ4n) is 1.03. The number of hydrazine groups is 1. The number of nitrogens with zero attached hydrogens (tertiary/aromatic N) is 3. The van der Waals surface area contributed by atoms with Crippen molar-refractivity contribution >= 4 is 11.6 Å². The van der Waals surface area contributed by atoms with Crippen LogP contribution in [0.15, 0.2) is 6.20 Å². The summed E-state index contributed by atoms with van der Waals surface area (Å²) in [7, 11) is 3.45. The second-order valence-electron chi connectivity index (χ2n) is 3.12. The summed E-state index contributed by atoms with van der Waals surface area (Å²) < 4.78 is 1.62. The molecule has 6 nitrogen and oxygen atoms in total. The average molecular weight is 197 g/mol. The normalized spacial score (nSPS) is 10.6. The Labute approximate surface area is 82.6 Å². The van der Waals surface area contributed by atoms with Crippen molar-refractivity contribution in [2.45, 2.75) is 13.5 Å². The molecule has 14 heavy (non-hydrogen) atoms. The Kier molecular flexibility index (Phi) is 3.08. The van der Waals surface area contributed by atoms with Crippen LogP contribution in [0.2, 0.25) is 0 Å². The molecule has 1 aromatic heterocycles. The van der Waals surface area contributed by atoms with E-state index in [4.69, 9.17) is 5.73 Å².